The molecule has 0 amide bonds. The number of nitrogens with two attached hydrogens (primary N) is 1. The molecule has 1 aliphatic carbocycles. The van der Waals surface area contributed by atoms with Crippen LogP contribution in [0.3, 0.4) is 0 Å². The van der Waals surface area contributed by atoms with Crippen molar-refractivity contribution >= 4 is 0 Å². The summed E-state index contributed by atoms with van der Waals surface area (Å²) < 4.78 is 0. The Morgan fingerprint density at radius 3 is 2.44 bits per heavy atom. The van der Waals surface area contributed by atoms with Gasteiger partial charge in [0.2, 0.25) is 0 Å². The molecule has 1 aliphatic heterocycles. The Kier molecular flexibility index (Phi) is 5.05. The standard InChI is InChI=1S/C15H31N3/c1-12-10-18(11-15(12)17(2)3)14-8-6-4-5-7-13(14)9-16/h12-15H,4-11,16H2,1-3H3. The molecule has 0 aromatic heterocycles. The van der Waals surface area contributed by atoms with Crippen LogP contribution in [0.1, 0.15) is 39.0 Å². The fourth-order valence-electron chi connectivity index (χ4n) is 4.05. The van der Waals surface area contributed by atoms with E-state index in [0.29, 0.717) is 0 Å². The molecule has 3 heteroatoms. The van der Waals surface area contributed by atoms with E-state index in [4.69, 9.17) is 5.73 Å². The van der Waals surface area contributed by atoms with Gasteiger partial charge in [-0.25, -0.2) is 0 Å². The highest BCUT2D eigenvalue weighted by atomic mass is 15.3. The van der Waals surface area contributed by atoms with E-state index in [-0.39, 0.29) is 0 Å². The summed E-state index contributed by atoms with van der Waals surface area (Å²) in [5.41, 5.74) is 6.02. The first kappa shape index (κ1) is 14.3. The van der Waals surface area contributed by atoms with Crippen LogP contribution in [0.5, 0.6) is 0 Å². The summed E-state index contributed by atoms with van der Waals surface area (Å²) in [6.07, 6.45) is 6.92. The van der Waals surface area contributed by atoms with Crippen molar-refractivity contribution in [2.45, 2.75) is 51.1 Å². The van der Waals surface area contributed by atoms with E-state index in [9.17, 15) is 0 Å². The minimum Gasteiger partial charge on any atom is -0.330 e. The van der Waals surface area contributed by atoms with Gasteiger partial charge in [0.25, 0.3) is 0 Å². The number of likely N-dealkylation sites (N-methyl/N-ethyl adjacent to an activating group) is 1. The summed E-state index contributed by atoms with van der Waals surface area (Å²) >= 11 is 0. The van der Waals surface area contributed by atoms with Gasteiger partial charge in [0, 0.05) is 25.2 Å². The molecule has 106 valence electrons. The summed E-state index contributed by atoms with van der Waals surface area (Å²) in [6.45, 7) is 5.79. The van der Waals surface area contributed by atoms with E-state index in [0.717, 1.165) is 30.5 Å². The maximum absolute atomic E-state index is 6.02. The molecule has 0 bridgehead atoms. The predicted octanol–water partition coefficient (Wildman–Crippen LogP) is 1.78. The number of hydrogen-bond acceptors (Lipinski definition) is 3. The number of likely N-dealkylation sites (tertiary alicyclic amines) is 1. The molecule has 2 rings (SSSR count). The average Bonchev–Trinajstić information content (AvgIpc) is 2.59. The molecule has 1 saturated heterocycles. The molecule has 2 fully saturated rings. The van der Waals surface area contributed by atoms with Crippen molar-refractivity contribution in [2.75, 3.05) is 33.7 Å². The van der Waals surface area contributed by atoms with Gasteiger partial charge in [0.05, 0.1) is 0 Å². The first-order valence-electron chi connectivity index (χ1n) is 7.74. The van der Waals surface area contributed by atoms with Crippen molar-refractivity contribution in [3.63, 3.8) is 0 Å². The number of nitrogens with zero attached hydrogens (tertiary/aromatic N) is 2. The third-order valence-electron chi connectivity index (χ3n) is 5.15. The lowest BCUT2D eigenvalue weighted by molar-refractivity contribution is 0.154. The Balaban J connectivity index is 2.01. The van der Waals surface area contributed by atoms with Crippen molar-refractivity contribution in [3.05, 3.63) is 0 Å². The highest BCUT2D eigenvalue weighted by Gasteiger charge is 2.37. The molecule has 1 heterocycles. The Labute approximate surface area is 113 Å². The molecule has 2 aliphatic rings. The van der Waals surface area contributed by atoms with E-state index in [2.05, 4.69) is 30.8 Å². The first-order valence-corrected chi connectivity index (χ1v) is 7.74. The van der Waals surface area contributed by atoms with Crippen molar-refractivity contribution in [1.82, 2.24) is 9.80 Å². The van der Waals surface area contributed by atoms with Gasteiger partial charge in [-0.3, -0.25) is 4.90 Å². The second-order valence-corrected chi connectivity index (χ2v) is 6.66. The summed E-state index contributed by atoms with van der Waals surface area (Å²) in [6, 6.07) is 1.48. The van der Waals surface area contributed by atoms with E-state index in [1.165, 1.54) is 45.2 Å². The summed E-state index contributed by atoms with van der Waals surface area (Å²) in [5, 5.41) is 0. The Morgan fingerprint density at radius 2 is 1.83 bits per heavy atom. The SMILES string of the molecule is CC1CN(C2CCCCCC2CN)CC1N(C)C. The lowest BCUT2D eigenvalue weighted by Crippen LogP contribution is -2.43. The molecule has 4 unspecified atom stereocenters. The zero-order valence-corrected chi connectivity index (χ0v) is 12.4. The van der Waals surface area contributed by atoms with Gasteiger partial charge in [-0.2, -0.15) is 0 Å². The molecule has 2 N–H and O–H groups in total. The lowest BCUT2D eigenvalue weighted by atomic mass is 9.93. The van der Waals surface area contributed by atoms with E-state index >= 15 is 0 Å². The van der Waals surface area contributed by atoms with Gasteiger partial charge >= 0.3 is 0 Å². The van der Waals surface area contributed by atoms with Gasteiger partial charge in [-0.1, -0.05) is 26.2 Å². The van der Waals surface area contributed by atoms with Crippen LogP contribution in [0.25, 0.3) is 0 Å². The van der Waals surface area contributed by atoms with Gasteiger partial charge in [-0.05, 0) is 45.3 Å². The monoisotopic (exact) mass is 253 g/mol. The number of hydrogen-bond donors (Lipinski definition) is 1. The van der Waals surface area contributed by atoms with Crippen LogP contribution >= 0.6 is 0 Å². The third kappa shape index (κ3) is 3.06. The van der Waals surface area contributed by atoms with E-state index < -0.39 is 0 Å². The molecular formula is C15H31N3. The first-order chi connectivity index (χ1) is 8.63. The zero-order chi connectivity index (χ0) is 13.1. The van der Waals surface area contributed by atoms with Gasteiger partial charge < -0.3 is 10.6 Å². The molecular weight excluding hydrogens is 222 g/mol. The predicted molar refractivity (Wildman–Crippen MR) is 77.6 cm³/mol. The number of rotatable bonds is 3. The third-order valence-corrected chi connectivity index (χ3v) is 5.15. The molecule has 1 saturated carbocycles. The largest absolute Gasteiger partial charge is 0.330 e. The fraction of sp³-hybridized carbons (Fsp3) is 1.00. The van der Waals surface area contributed by atoms with Crippen molar-refractivity contribution in [2.24, 2.45) is 17.6 Å². The van der Waals surface area contributed by atoms with Gasteiger partial charge in [-0.15, -0.1) is 0 Å². The van der Waals surface area contributed by atoms with Crippen molar-refractivity contribution < 1.29 is 0 Å². The summed E-state index contributed by atoms with van der Waals surface area (Å²) in [7, 11) is 4.44. The van der Waals surface area contributed by atoms with Gasteiger partial charge in [0.15, 0.2) is 0 Å². The second-order valence-electron chi connectivity index (χ2n) is 6.66. The molecule has 0 spiro atoms. The average molecular weight is 253 g/mol. The molecule has 0 radical (unpaired) electrons. The van der Waals surface area contributed by atoms with Crippen LogP contribution < -0.4 is 5.73 Å². The smallest absolute Gasteiger partial charge is 0.0254 e. The normalized spacial score (nSPS) is 39.2. The van der Waals surface area contributed by atoms with Crippen molar-refractivity contribution in [3.8, 4) is 0 Å². The zero-order valence-electron chi connectivity index (χ0n) is 12.4. The highest BCUT2D eigenvalue weighted by Crippen LogP contribution is 2.31. The quantitative estimate of drug-likeness (QED) is 0.778. The molecule has 3 nitrogen and oxygen atoms in total. The van der Waals surface area contributed by atoms with Crippen molar-refractivity contribution in [1.29, 1.82) is 0 Å². The Morgan fingerprint density at radius 1 is 1.11 bits per heavy atom. The van der Waals surface area contributed by atoms with Gasteiger partial charge in [0.1, 0.15) is 0 Å². The molecule has 18 heavy (non-hydrogen) atoms. The Hall–Kier alpha value is -0.120. The summed E-state index contributed by atoms with van der Waals surface area (Å²) in [5.74, 6) is 1.53. The molecule has 0 aromatic carbocycles. The van der Waals surface area contributed by atoms with E-state index in [1.807, 2.05) is 0 Å². The maximum Gasteiger partial charge on any atom is 0.0254 e. The van der Waals surface area contributed by atoms with E-state index in [1.54, 1.807) is 0 Å². The van der Waals surface area contributed by atoms with Crippen LogP contribution in [0.2, 0.25) is 0 Å². The molecule has 4 atom stereocenters. The maximum atomic E-state index is 6.02. The highest BCUT2D eigenvalue weighted by molar-refractivity contribution is 4.93. The Bertz CT molecular complexity index is 254. The topological polar surface area (TPSA) is 32.5 Å². The fourth-order valence-corrected chi connectivity index (χ4v) is 4.05. The minimum absolute atomic E-state index is 0.728. The van der Waals surface area contributed by atoms with Crippen LogP contribution in [-0.4, -0.2) is 55.6 Å². The lowest BCUT2D eigenvalue weighted by Gasteiger charge is -2.33. The second kappa shape index (κ2) is 6.36. The van der Waals surface area contributed by atoms with Crippen LogP contribution in [0.15, 0.2) is 0 Å². The van der Waals surface area contributed by atoms with Crippen LogP contribution in [-0.2, 0) is 0 Å². The minimum atomic E-state index is 0.728. The molecule has 0 aromatic rings. The summed E-state index contributed by atoms with van der Waals surface area (Å²) in [4.78, 5) is 5.15. The van der Waals surface area contributed by atoms with Crippen LogP contribution in [0.4, 0.5) is 0 Å². The van der Waals surface area contributed by atoms with Crippen LogP contribution in [0, 0.1) is 11.8 Å².